The Morgan fingerprint density at radius 2 is 2.00 bits per heavy atom. The van der Waals surface area contributed by atoms with Gasteiger partial charge in [0.25, 0.3) is 0 Å². The molecule has 2 nitrogen and oxygen atoms in total. The molecule has 0 saturated heterocycles. The molecule has 0 aromatic carbocycles. The normalized spacial score (nSPS) is 12.3. The first-order chi connectivity index (χ1) is 4.77. The maximum Gasteiger partial charge on any atom is 0.316 e. The molecule has 0 fully saturated rings. The van der Waals surface area contributed by atoms with E-state index in [0.29, 0.717) is 6.61 Å². The van der Waals surface area contributed by atoms with E-state index in [0.717, 1.165) is 19.4 Å². The molecule has 66 valence electrons. The van der Waals surface area contributed by atoms with Gasteiger partial charge in [-0.3, -0.25) is 0 Å². The largest absolute Gasteiger partial charge is 0.393 e. The number of aliphatic hydroxyl groups is 1. The zero-order valence-corrected chi connectivity index (χ0v) is 6.97. The number of rotatable bonds is 6. The molecule has 0 heterocycles. The third-order valence-electron chi connectivity index (χ3n) is 1.32. The van der Waals surface area contributed by atoms with Crippen LogP contribution in [0.25, 0.3) is 0 Å². The standard InChI is InChI=1S/C8H18O2.Mg.2H/c1-3-4-6-10-7-5-8(2)9;;;/h8-9H,3-7H2,1-2H3;;;. The molecule has 1 N–H and O–H groups in total. The fourth-order valence-electron chi connectivity index (χ4n) is 0.602. The van der Waals surface area contributed by atoms with Crippen molar-refractivity contribution in [2.24, 2.45) is 0 Å². The SMILES string of the molecule is CCCCOCCC(C)O.[MgH2]. The third kappa shape index (κ3) is 13.6. The predicted molar refractivity (Wildman–Crippen MR) is 50.6 cm³/mol. The molecule has 0 aliphatic heterocycles. The van der Waals surface area contributed by atoms with E-state index in [2.05, 4.69) is 6.92 Å². The summed E-state index contributed by atoms with van der Waals surface area (Å²) >= 11 is 0. The lowest BCUT2D eigenvalue weighted by molar-refractivity contribution is 0.0877. The minimum atomic E-state index is -0.221. The smallest absolute Gasteiger partial charge is 0.316 e. The van der Waals surface area contributed by atoms with E-state index in [9.17, 15) is 0 Å². The maximum atomic E-state index is 8.83. The van der Waals surface area contributed by atoms with Crippen LogP contribution >= 0.6 is 0 Å². The van der Waals surface area contributed by atoms with Gasteiger partial charge in [0.1, 0.15) is 0 Å². The van der Waals surface area contributed by atoms with E-state index in [1.807, 2.05) is 0 Å². The molecular weight excluding hydrogens is 152 g/mol. The van der Waals surface area contributed by atoms with E-state index in [1.54, 1.807) is 6.92 Å². The summed E-state index contributed by atoms with van der Waals surface area (Å²) in [6.07, 6.45) is 2.83. The molecule has 1 unspecified atom stereocenters. The predicted octanol–water partition coefficient (Wildman–Crippen LogP) is 0.658. The molecule has 0 aromatic rings. The lowest BCUT2D eigenvalue weighted by Gasteiger charge is -2.04. The van der Waals surface area contributed by atoms with Crippen LogP contribution in [-0.4, -0.2) is 47.5 Å². The Labute approximate surface area is 85.5 Å². The first kappa shape index (κ1) is 14.2. The second-order valence-electron chi connectivity index (χ2n) is 2.60. The lowest BCUT2D eigenvalue weighted by Crippen LogP contribution is -2.05. The van der Waals surface area contributed by atoms with Gasteiger partial charge in [0.05, 0.1) is 6.10 Å². The summed E-state index contributed by atoms with van der Waals surface area (Å²) < 4.78 is 5.22. The van der Waals surface area contributed by atoms with Crippen molar-refractivity contribution >= 4 is 23.1 Å². The van der Waals surface area contributed by atoms with Crippen LogP contribution in [-0.2, 0) is 4.74 Å². The van der Waals surface area contributed by atoms with Gasteiger partial charge < -0.3 is 9.84 Å². The van der Waals surface area contributed by atoms with Crippen molar-refractivity contribution < 1.29 is 9.84 Å². The van der Waals surface area contributed by atoms with E-state index >= 15 is 0 Å². The summed E-state index contributed by atoms with van der Waals surface area (Å²) in [6, 6.07) is 0. The average Bonchev–Trinajstić information content (AvgIpc) is 1.87. The van der Waals surface area contributed by atoms with Gasteiger partial charge in [-0.2, -0.15) is 0 Å². The van der Waals surface area contributed by atoms with Crippen LogP contribution in [0, 0.1) is 0 Å². The van der Waals surface area contributed by atoms with E-state index < -0.39 is 0 Å². The highest BCUT2D eigenvalue weighted by Crippen LogP contribution is 1.92. The van der Waals surface area contributed by atoms with Gasteiger partial charge in [0, 0.05) is 13.2 Å². The van der Waals surface area contributed by atoms with Gasteiger partial charge >= 0.3 is 23.1 Å². The van der Waals surface area contributed by atoms with Gasteiger partial charge in [0.2, 0.25) is 0 Å². The second-order valence-corrected chi connectivity index (χ2v) is 2.60. The molecule has 0 amide bonds. The quantitative estimate of drug-likeness (QED) is 0.471. The van der Waals surface area contributed by atoms with Crippen molar-refractivity contribution in [2.45, 2.75) is 39.2 Å². The Morgan fingerprint density at radius 3 is 2.45 bits per heavy atom. The van der Waals surface area contributed by atoms with Crippen molar-refractivity contribution in [2.75, 3.05) is 13.2 Å². The number of aliphatic hydroxyl groups excluding tert-OH is 1. The topological polar surface area (TPSA) is 29.5 Å². The highest BCUT2D eigenvalue weighted by molar-refractivity contribution is 5.75. The number of unbranched alkanes of at least 4 members (excludes halogenated alkanes) is 1. The molecule has 0 radical (unpaired) electrons. The van der Waals surface area contributed by atoms with Gasteiger partial charge in [-0.1, -0.05) is 13.3 Å². The zero-order valence-electron chi connectivity index (χ0n) is 6.97. The molecule has 0 saturated carbocycles. The summed E-state index contributed by atoms with van der Waals surface area (Å²) in [4.78, 5) is 0. The number of hydrogen-bond donors (Lipinski definition) is 1. The molecule has 0 aliphatic rings. The minimum absolute atomic E-state index is 0. The monoisotopic (exact) mass is 172 g/mol. The Hall–Kier alpha value is 0.686. The van der Waals surface area contributed by atoms with E-state index in [4.69, 9.17) is 9.84 Å². The van der Waals surface area contributed by atoms with Crippen LogP contribution < -0.4 is 0 Å². The highest BCUT2D eigenvalue weighted by Gasteiger charge is 1.93. The molecule has 0 spiro atoms. The number of ether oxygens (including phenoxy) is 1. The van der Waals surface area contributed by atoms with Gasteiger partial charge in [0.15, 0.2) is 0 Å². The zero-order chi connectivity index (χ0) is 7.82. The number of hydrogen-bond acceptors (Lipinski definition) is 2. The molecule has 0 bridgehead atoms. The maximum absolute atomic E-state index is 8.83. The Bertz CT molecular complexity index is 67.1. The van der Waals surface area contributed by atoms with Gasteiger partial charge in [-0.05, 0) is 19.8 Å². The summed E-state index contributed by atoms with van der Waals surface area (Å²) in [5, 5.41) is 8.83. The fraction of sp³-hybridized carbons (Fsp3) is 1.00. The minimum Gasteiger partial charge on any atom is -0.393 e. The first-order valence-corrected chi connectivity index (χ1v) is 4.03. The van der Waals surface area contributed by atoms with Crippen molar-refractivity contribution in [3.63, 3.8) is 0 Å². The van der Waals surface area contributed by atoms with Crippen LogP contribution in [0.5, 0.6) is 0 Å². The van der Waals surface area contributed by atoms with Crippen LogP contribution in [0.1, 0.15) is 33.1 Å². The molecule has 11 heavy (non-hydrogen) atoms. The highest BCUT2D eigenvalue weighted by atomic mass is 24.3. The van der Waals surface area contributed by atoms with Gasteiger partial charge in [-0.15, -0.1) is 0 Å². The van der Waals surface area contributed by atoms with Crippen molar-refractivity contribution in [1.29, 1.82) is 0 Å². The molecule has 0 aromatic heterocycles. The summed E-state index contributed by atoms with van der Waals surface area (Å²) in [6.45, 7) is 5.45. The summed E-state index contributed by atoms with van der Waals surface area (Å²) in [5.41, 5.74) is 0. The Balaban J connectivity index is 0. The Morgan fingerprint density at radius 1 is 1.36 bits per heavy atom. The second kappa shape index (κ2) is 10.7. The van der Waals surface area contributed by atoms with Crippen LogP contribution in [0.2, 0.25) is 0 Å². The third-order valence-corrected chi connectivity index (χ3v) is 1.32. The summed E-state index contributed by atoms with van der Waals surface area (Å²) in [7, 11) is 0. The molecule has 0 rings (SSSR count). The molecule has 0 aliphatic carbocycles. The van der Waals surface area contributed by atoms with E-state index in [1.165, 1.54) is 6.42 Å². The molecule has 3 heteroatoms. The van der Waals surface area contributed by atoms with Crippen LogP contribution in [0.4, 0.5) is 0 Å². The lowest BCUT2D eigenvalue weighted by atomic mass is 10.3. The molecular formula is C8H20MgO2. The van der Waals surface area contributed by atoms with Crippen molar-refractivity contribution in [1.82, 2.24) is 0 Å². The Kier molecular flexibility index (Phi) is 13.8. The molecule has 1 atom stereocenters. The van der Waals surface area contributed by atoms with Crippen LogP contribution in [0.3, 0.4) is 0 Å². The summed E-state index contributed by atoms with van der Waals surface area (Å²) in [5.74, 6) is 0. The first-order valence-electron chi connectivity index (χ1n) is 4.03. The van der Waals surface area contributed by atoms with E-state index in [-0.39, 0.29) is 29.2 Å². The van der Waals surface area contributed by atoms with Crippen molar-refractivity contribution in [3.8, 4) is 0 Å². The van der Waals surface area contributed by atoms with Crippen LogP contribution in [0.15, 0.2) is 0 Å². The average molecular weight is 173 g/mol. The fourth-order valence-corrected chi connectivity index (χ4v) is 0.602. The van der Waals surface area contributed by atoms with Crippen molar-refractivity contribution in [3.05, 3.63) is 0 Å². The van der Waals surface area contributed by atoms with Gasteiger partial charge in [-0.25, -0.2) is 0 Å².